The van der Waals surface area contributed by atoms with Crippen molar-refractivity contribution in [3.05, 3.63) is 6.33 Å². The Balaban J connectivity index is 1.86. The molecule has 0 atom stereocenters. The van der Waals surface area contributed by atoms with E-state index in [9.17, 15) is 0 Å². The van der Waals surface area contributed by atoms with Gasteiger partial charge in [-0.05, 0) is 26.8 Å². The maximum atomic E-state index is 5.93. The van der Waals surface area contributed by atoms with Crippen LogP contribution in [0.1, 0.15) is 19.8 Å². The molecular formula is C12H21N5O. The average molecular weight is 251 g/mol. The second kappa shape index (κ2) is 5.86. The molecular weight excluding hydrogens is 230 g/mol. The summed E-state index contributed by atoms with van der Waals surface area (Å²) in [5.74, 6) is 1.10. The molecule has 1 heterocycles. The van der Waals surface area contributed by atoms with Gasteiger partial charge in [-0.25, -0.2) is 4.98 Å². The van der Waals surface area contributed by atoms with Gasteiger partial charge in [-0.1, -0.05) is 0 Å². The molecule has 1 fully saturated rings. The summed E-state index contributed by atoms with van der Waals surface area (Å²) in [4.78, 5) is 10.5. The van der Waals surface area contributed by atoms with Crippen molar-refractivity contribution in [3.63, 3.8) is 0 Å². The quantitative estimate of drug-likeness (QED) is 0.752. The van der Waals surface area contributed by atoms with Crippen LogP contribution < -0.4 is 15.8 Å². The van der Waals surface area contributed by atoms with E-state index in [0.29, 0.717) is 24.0 Å². The first kappa shape index (κ1) is 12.9. The molecule has 1 aliphatic rings. The molecule has 0 spiro atoms. The first-order valence-electron chi connectivity index (χ1n) is 6.39. The Morgan fingerprint density at radius 3 is 2.94 bits per heavy atom. The van der Waals surface area contributed by atoms with E-state index < -0.39 is 0 Å². The van der Waals surface area contributed by atoms with E-state index in [1.165, 1.54) is 19.2 Å². The number of hydrogen-bond acceptors (Lipinski definition) is 6. The van der Waals surface area contributed by atoms with Crippen LogP contribution in [0.3, 0.4) is 0 Å². The van der Waals surface area contributed by atoms with E-state index in [2.05, 4.69) is 27.2 Å². The van der Waals surface area contributed by atoms with E-state index in [1.807, 2.05) is 6.92 Å². The van der Waals surface area contributed by atoms with Crippen LogP contribution in [0.2, 0.25) is 0 Å². The Bertz CT molecular complexity index is 394. The van der Waals surface area contributed by atoms with Gasteiger partial charge in [0.05, 0.1) is 6.61 Å². The zero-order valence-electron chi connectivity index (χ0n) is 11.0. The normalized spacial score (nSPS) is 14.8. The van der Waals surface area contributed by atoms with E-state index in [1.54, 1.807) is 0 Å². The maximum Gasteiger partial charge on any atom is 0.242 e. The maximum absolute atomic E-state index is 5.93. The number of ether oxygens (including phenoxy) is 1. The van der Waals surface area contributed by atoms with Gasteiger partial charge in [0, 0.05) is 19.1 Å². The molecule has 0 radical (unpaired) electrons. The summed E-state index contributed by atoms with van der Waals surface area (Å²) in [6, 6.07) is 0.772. The largest absolute Gasteiger partial charge is 0.476 e. The van der Waals surface area contributed by atoms with Crippen molar-refractivity contribution in [1.82, 2.24) is 14.9 Å². The lowest BCUT2D eigenvalue weighted by molar-refractivity contribution is 0.328. The summed E-state index contributed by atoms with van der Waals surface area (Å²) in [5, 5.41) is 3.23. The van der Waals surface area contributed by atoms with E-state index in [4.69, 9.17) is 10.5 Å². The molecule has 0 aliphatic heterocycles. The predicted molar refractivity (Wildman–Crippen MR) is 71.8 cm³/mol. The number of nitrogens with two attached hydrogens (primary N) is 1. The number of anilines is 2. The second-order valence-corrected chi connectivity index (χ2v) is 4.51. The van der Waals surface area contributed by atoms with Gasteiger partial charge in [-0.3, -0.25) is 0 Å². The van der Waals surface area contributed by atoms with Gasteiger partial charge in [0.15, 0.2) is 5.82 Å². The summed E-state index contributed by atoms with van der Waals surface area (Å²) < 4.78 is 5.33. The van der Waals surface area contributed by atoms with E-state index in [-0.39, 0.29) is 0 Å². The number of nitrogens with one attached hydrogen (secondary N) is 1. The Hall–Kier alpha value is -1.56. The highest BCUT2D eigenvalue weighted by Gasteiger charge is 2.25. The third-order valence-corrected chi connectivity index (χ3v) is 3.06. The standard InChI is InChI=1S/C12H21N5O/c1-3-18-12-10(13)11(15-8-16-12)14-6-7-17(2)9-4-5-9/h8-9H,3-7,13H2,1-2H3,(H,14,15,16). The van der Waals surface area contributed by atoms with Gasteiger partial charge in [0.25, 0.3) is 0 Å². The van der Waals surface area contributed by atoms with Crippen molar-refractivity contribution >= 4 is 11.5 Å². The Morgan fingerprint density at radius 1 is 1.50 bits per heavy atom. The van der Waals surface area contributed by atoms with Crippen molar-refractivity contribution < 1.29 is 4.74 Å². The Morgan fingerprint density at radius 2 is 2.28 bits per heavy atom. The summed E-state index contributed by atoms with van der Waals surface area (Å²) in [6.07, 6.45) is 4.11. The highest BCUT2D eigenvalue weighted by Crippen LogP contribution is 2.26. The van der Waals surface area contributed by atoms with Crippen molar-refractivity contribution in [2.75, 3.05) is 37.8 Å². The number of hydrogen-bond donors (Lipinski definition) is 2. The predicted octanol–water partition coefficient (Wildman–Crippen LogP) is 0.964. The van der Waals surface area contributed by atoms with Crippen LogP contribution in [0.5, 0.6) is 5.88 Å². The van der Waals surface area contributed by atoms with Gasteiger partial charge in [-0.2, -0.15) is 4.98 Å². The average Bonchev–Trinajstić information content (AvgIpc) is 3.18. The summed E-state index contributed by atoms with van der Waals surface area (Å²) in [5.41, 5.74) is 6.41. The van der Waals surface area contributed by atoms with Gasteiger partial charge >= 0.3 is 0 Å². The van der Waals surface area contributed by atoms with Crippen LogP contribution in [-0.2, 0) is 0 Å². The smallest absolute Gasteiger partial charge is 0.242 e. The zero-order chi connectivity index (χ0) is 13.0. The highest BCUT2D eigenvalue weighted by atomic mass is 16.5. The van der Waals surface area contributed by atoms with Gasteiger partial charge < -0.3 is 20.7 Å². The van der Waals surface area contributed by atoms with Crippen LogP contribution in [0.25, 0.3) is 0 Å². The Kier molecular flexibility index (Phi) is 4.19. The first-order valence-corrected chi connectivity index (χ1v) is 6.39. The Labute approximate surface area is 108 Å². The summed E-state index contributed by atoms with van der Waals surface area (Å²) in [6.45, 7) is 4.25. The van der Waals surface area contributed by atoms with Crippen molar-refractivity contribution in [1.29, 1.82) is 0 Å². The minimum atomic E-state index is 0.450. The van der Waals surface area contributed by atoms with E-state index in [0.717, 1.165) is 19.1 Å². The molecule has 0 aromatic carbocycles. The molecule has 0 amide bonds. The van der Waals surface area contributed by atoms with Gasteiger partial charge in [0.2, 0.25) is 5.88 Å². The van der Waals surface area contributed by atoms with Crippen molar-refractivity contribution in [3.8, 4) is 5.88 Å². The highest BCUT2D eigenvalue weighted by molar-refractivity contribution is 5.66. The fourth-order valence-corrected chi connectivity index (χ4v) is 1.82. The molecule has 1 saturated carbocycles. The molecule has 100 valence electrons. The zero-order valence-corrected chi connectivity index (χ0v) is 11.0. The summed E-state index contributed by atoms with van der Waals surface area (Å²) in [7, 11) is 2.15. The molecule has 1 aromatic heterocycles. The molecule has 1 aromatic rings. The number of rotatable bonds is 7. The van der Waals surface area contributed by atoms with E-state index >= 15 is 0 Å². The molecule has 18 heavy (non-hydrogen) atoms. The fraction of sp³-hybridized carbons (Fsp3) is 0.667. The topological polar surface area (TPSA) is 76.3 Å². The SMILES string of the molecule is CCOc1ncnc(NCCN(C)C2CC2)c1N. The molecule has 2 rings (SSSR count). The second-order valence-electron chi connectivity index (χ2n) is 4.51. The number of likely N-dealkylation sites (N-methyl/N-ethyl adjacent to an activating group) is 1. The molecule has 0 unspecified atom stereocenters. The van der Waals surface area contributed by atoms with Gasteiger partial charge in [-0.15, -0.1) is 0 Å². The molecule has 1 aliphatic carbocycles. The van der Waals surface area contributed by atoms with Crippen LogP contribution in [-0.4, -0.2) is 47.7 Å². The molecule has 6 heteroatoms. The number of aromatic nitrogens is 2. The number of nitrogen functional groups attached to an aromatic ring is 1. The van der Waals surface area contributed by atoms with Gasteiger partial charge in [0.1, 0.15) is 12.0 Å². The first-order chi connectivity index (χ1) is 8.72. The third-order valence-electron chi connectivity index (χ3n) is 3.06. The van der Waals surface area contributed by atoms with Crippen LogP contribution in [0.4, 0.5) is 11.5 Å². The summed E-state index contributed by atoms with van der Waals surface area (Å²) >= 11 is 0. The molecule has 0 saturated heterocycles. The lowest BCUT2D eigenvalue weighted by Gasteiger charge is -2.16. The fourth-order valence-electron chi connectivity index (χ4n) is 1.82. The lowest BCUT2D eigenvalue weighted by atomic mass is 10.4. The molecule has 3 N–H and O–H groups in total. The molecule has 0 bridgehead atoms. The van der Waals surface area contributed by atoms with Crippen molar-refractivity contribution in [2.24, 2.45) is 0 Å². The number of nitrogens with zero attached hydrogens (tertiary/aromatic N) is 3. The molecule has 6 nitrogen and oxygen atoms in total. The minimum Gasteiger partial charge on any atom is -0.476 e. The van der Waals surface area contributed by atoms with Crippen LogP contribution in [0, 0.1) is 0 Å². The monoisotopic (exact) mass is 251 g/mol. The van der Waals surface area contributed by atoms with Crippen LogP contribution in [0.15, 0.2) is 6.33 Å². The lowest BCUT2D eigenvalue weighted by Crippen LogP contribution is -2.27. The third kappa shape index (κ3) is 3.22. The van der Waals surface area contributed by atoms with Crippen molar-refractivity contribution in [2.45, 2.75) is 25.8 Å². The van der Waals surface area contributed by atoms with Crippen LogP contribution >= 0.6 is 0 Å². The minimum absolute atomic E-state index is 0.450.